The fourth-order valence-corrected chi connectivity index (χ4v) is 3.39. The molecule has 0 aromatic heterocycles. The van der Waals surface area contributed by atoms with E-state index in [0.29, 0.717) is 0 Å². The molecule has 2 saturated carbocycles. The molecule has 0 aromatic carbocycles. The molecule has 2 fully saturated rings. The van der Waals surface area contributed by atoms with Gasteiger partial charge in [0, 0.05) is 0 Å². The Morgan fingerprint density at radius 1 is 1.36 bits per heavy atom. The van der Waals surface area contributed by atoms with E-state index in [0.717, 1.165) is 29.7 Å². The molecule has 0 aromatic rings. The summed E-state index contributed by atoms with van der Waals surface area (Å²) in [6.07, 6.45) is 9.23. The zero-order valence-electron chi connectivity index (χ0n) is 6.79. The summed E-state index contributed by atoms with van der Waals surface area (Å²) in [5.74, 6) is 2.62. The van der Waals surface area contributed by atoms with Crippen molar-refractivity contribution in [2.75, 3.05) is 6.54 Å². The predicted octanol–water partition coefficient (Wildman–Crippen LogP) is 1.55. The summed E-state index contributed by atoms with van der Waals surface area (Å²) in [4.78, 5) is 0. The van der Waals surface area contributed by atoms with Gasteiger partial charge >= 0.3 is 0 Å². The van der Waals surface area contributed by atoms with Crippen molar-refractivity contribution in [3.8, 4) is 0 Å². The molecule has 11 heavy (non-hydrogen) atoms. The first kappa shape index (κ1) is 6.24. The first-order valence-electron chi connectivity index (χ1n) is 4.75. The van der Waals surface area contributed by atoms with Crippen LogP contribution in [0.3, 0.4) is 0 Å². The van der Waals surface area contributed by atoms with Crippen LogP contribution in [0.5, 0.6) is 0 Å². The second-order valence-corrected chi connectivity index (χ2v) is 4.48. The van der Waals surface area contributed by atoms with E-state index < -0.39 is 0 Å². The molecule has 3 rings (SSSR count). The van der Waals surface area contributed by atoms with Crippen LogP contribution in [0.1, 0.15) is 19.3 Å². The Bertz CT molecular complexity index is 215. The molecule has 0 heterocycles. The molecule has 60 valence electrons. The number of hydrogen-bond donors (Lipinski definition) is 1. The van der Waals surface area contributed by atoms with Crippen LogP contribution >= 0.6 is 0 Å². The minimum absolute atomic E-state index is 0.754. The van der Waals surface area contributed by atoms with Crippen molar-refractivity contribution >= 4 is 0 Å². The summed E-state index contributed by atoms with van der Waals surface area (Å²) in [6.45, 7) is 0.910. The van der Waals surface area contributed by atoms with Gasteiger partial charge in [0.2, 0.25) is 0 Å². The molecular formula is C10H15N. The van der Waals surface area contributed by atoms with E-state index in [-0.39, 0.29) is 0 Å². The maximum Gasteiger partial charge on any atom is -0.00428 e. The Hall–Kier alpha value is -0.300. The summed E-state index contributed by atoms with van der Waals surface area (Å²) >= 11 is 0. The Kier molecular flexibility index (Phi) is 0.972. The van der Waals surface area contributed by atoms with Gasteiger partial charge in [-0.2, -0.15) is 0 Å². The lowest BCUT2D eigenvalue weighted by Crippen LogP contribution is -2.20. The summed E-state index contributed by atoms with van der Waals surface area (Å²) in [5, 5.41) is 0. The molecule has 0 aliphatic heterocycles. The number of nitrogens with two attached hydrogens (primary N) is 1. The van der Waals surface area contributed by atoms with Gasteiger partial charge in [0.1, 0.15) is 0 Å². The molecule has 1 spiro atoms. The van der Waals surface area contributed by atoms with Crippen molar-refractivity contribution < 1.29 is 0 Å². The maximum atomic E-state index is 5.74. The molecule has 0 radical (unpaired) electrons. The normalized spacial score (nSPS) is 49.0. The lowest BCUT2D eigenvalue weighted by Gasteiger charge is -2.17. The van der Waals surface area contributed by atoms with E-state index in [9.17, 15) is 0 Å². The molecule has 0 saturated heterocycles. The van der Waals surface area contributed by atoms with Gasteiger partial charge in [-0.3, -0.25) is 0 Å². The SMILES string of the molecule is NCC1C[C@H]2C=C[C@H]1C21CC1. The smallest absolute Gasteiger partial charge is 0.00428 e. The van der Waals surface area contributed by atoms with Gasteiger partial charge in [-0.15, -0.1) is 0 Å². The van der Waals surface area contributed by atoms with Gasteiger partial charge in [-0.1, -0.05) is 12.2 Å². The second kappa shape index (κ2) is 1.71. The van der Waals surface area contributed by atoms with Gasteiger partial charge in [-0.05, 0) is 49.0 Å². The molecule has 0 amide bonds. The molecule has 3 atom stereocenters. The lowest BCUT2D eigenvalue weighted by atomic mass is 9.89. The fourth-order valence-electron chi connectivity index (χ4n) is 3.39. The van der Waals surface area contributed by atoms with E-state index in [1.165, 1.54) is 19.3 Å². The van der Waals surface area contributed by atoms with Gasteiger partial charge < -0.3 is 5.73 Å². The zero-order chi connectivity index (χ0) is 7.47. The van der Waals surface area contributed by atoms with E-state index >= 15 is 0 Å². The highest BCUT2D eigenvalue weighted by Gasteiger charge is 2.62. The topological polar surface area (TPSA) is 26.0 Å². The van der Waals surface area contributed by atoms with E-state index in [1.54, 1.807) is 0 Å². The number of hydrogen-bond acceptors (Lipinski definition) is 1. The molecule has 1 heteroatoms. The third-order valence-electron chi connectivity index (χ3n) is 4.15. The minimum atomic E-state index is 0.754. The Labute approximate surface area is 67.7 Å². The number of rotatable bonds is 1. The van der Waals surface area contributed by atoms with Crippen LogP contribution in [0.2, 0.25) is 0 Å². The zero-order valence-corrected chi connectivity index (χ0v) is 6.79. The highest BCUT2D eigenvalue weighted by Crippen LogP contribution is 2.69. The van der Waals surface area contributed by atoms with Crippen molar-refractivity contribution in [2.45, 2.75) is 19.3 Å². The molecule has 2 N–H and O–H groups in total. The van der Waals surface area contributed by atoms with Crippen molar-refractivity contribution in [1.29, 1.82) is 0 Å². The summed E-state index contributed by atoms with van der Waals surface area (Å²) in [6, 6.07) is 0. The lowest BCUT2D eigenvalue weighted by molar-refractivity contribution is 0.366. The highest BCUT2D eigenvalue weighted by atomic mass is 14.7. The van der Waals surface area contributed by atoms with Crippen LogP contribution < -0.4 is 5.73 Å². The largest absolute Gasteiger partial charge is 0.330 e. The third-order valence-corrected chi connectivity index (χ3v) is 4.15. The quantitative estimate of drug-likeness (QED) is 0.562. The van der Waals surface area contributed by atoms with Crippen LogP contribution in [0.4, 0.5) is 0 Å². The van der Waals surface area contributed by atoms with Crippen molar-refractivity contribution in [1.82, 2.24) is 0 Å². The molecular weight excluding hydrogens is 134 g/mol. The molecule has 3 aliphatic carbocycles. The third kappa shape index (κ3) is 0.572. The van der Waals surface area contributed by atoms with E-state index in [1.807, 2.05) is 0 Å². The second-order valence-electron chi connectivity index (χ2n) is 4.48. The Morgan fingerprint density at radius 3 is 2.64 bits per heavy atom. The van der Waals surface area contributed by atoms with Crippen LogP contribution in [0, 0.1) is 23.2 Å². The summed E-state index contributed by atoms with van der Waals surface area (Å²) in [5.41, 5.74) is 6.49. The van der Waals surface area contributed by atoms with E-state index in [4.69, 9.17) is 5.73 Å². The first-order chi connectivity index (χ1) is 5.37. The Balaban J connectivity index is 1.95. The molecule has 1 nitrogen and oxygen atoms in total. The summed E-state index contributed by atoms with van der Waals surface area (Å²) in [7, 11) is 0. The molecule has 2 bridgehead atoms. The minimum Gasteiger partial charge on any atom is -0.330 e. The molecule has 1 unspecified atom stereocenters. The van der Waals surface area contributed by atoms with Crippen molar-refractivity contribution in [2.24, 2.45) is 28.9 Å². The van der Waals surface area contributed by atoms with Crippen LogP contribution in [0.15, 0.2) is 12.2 Å². The predicted molar refractivity (Wildman–Crippen MR) is 44.9 cm³/mol. The summed E-state index contributed by atoms with van der Waals surface area (Å²) < 4.78 is 0. The highest BCUT2D eigenvalue weighted by molar-refractivity contribution is 5.26. The van der Waals surface area contributed by atoms with Crippen LogP contribution in [-0.4, -0.2) is 6.54 Å². The van der Waals surface area contributed by atoms with Gasteiger partial charge in [0.25, 0.3) is 0 Å². The number of allylic oxidation sites excluding steroid dienone is 2. The van der Waals surface area contributed by atoms with Gasteiger partial charge in [-0.25, -0.2) is 0 Å². The first-order valence-corrected chi connectivity index (χ1v) is 4.75. The fraction of sp³-hybridized carbons (Fsp3) is 0.800. The maximum absolute atomic E-state index is 5.74. The Morgan fingerprint density at radius 2 is 2.18 bits per heavy atom. The average Bonchev–Trinajstić information content (AvgIpc) is 2.69. The van der Waals surface area contributed by atoms with Crippen LogP contribution in [0.25, 0.3) is 0 Å². The standard InChI is InChI=1S/C10H15N/c11-6-7-5-8-1-2-9(7)10(8)3-4-10/h1-2,7-9H,3-6,11H2/t7?,8-,9-/m1/s1. The van der Waals surface area contributed by atoms with Gasteiger partial charge in [0.05, 0.1) is 0 Å². The average molecular weight is 149 g/mol. The molecule has 3 aliphatic rings. The van der Waals surface area contributed by atoms with E-state index in [2.05, 4.69) is 12.2 Å². The van der Waals surface area contributed by atoms with Crippen molar-refractivity contribution in [3.05, 3.63) is 12.2 Å². The van der Waals surface area contributed by atoms with Crippen molar-refractivity contribution in [3.63, 3.8) is 0 Å². The monoisotopic (exact) mass is 149 g/mol. The van der Waals surface area contributed by atoms with Gasteiger partial charge in [0.15, 0.2) is 0 Å². The van der Waals surface area contributed by atoms with Crippen LogP contribution in [-0.2, 0) is 0 Å².